The molecule has 0 spiro atoms. The Balaban J connectivity index is 2.06. The zero-order valence-corrected chi connectivity index (χ0v) is 12.1. The average molecular weight is 294 g/mol. The fraction of sp³-hybridized carbons (Fsp3) is 0.286. The summed E-state index contributed by atoms with van der Waals surface area (Å²) in [6.45, 7) is 1.67. The standard InChI is InChI=1S/C14H16ClN3O2/c1-14(20,11-5-3-4-6-12(11)15)9-16-13(19)10-7-17-18(2)8-10/h3-8,20H,9H2,1-2H3,(H,16,19). The zero-order chi connectivity index (χ0) is 14.8. The van der Waals surface area contributed by atoms with Crippen LogP contribution >= 0.6 is 11.6 Å². The summed E-state index contributed by atoms with van der Waals surface area (Å²) < 4.78 is 1.54. The predicted molar refractivity (Wildman–Crippen MR) is 76.6 cm³/mol. The van der Waals surface area contributed by atoms with Gasteiger partial charge in [0.05, 0.1) is 18.3 Å². The van der Waals surface area contributed by atoms with Gasteiger partial charge in [-0.3, -0.25) is 9.48 Å². The van der Waals surface area contributed by atoms with Crippen LogP contribution in [0.4, 0.5) is 0 Å². The Morgan fingerprint density at radius 1 is 1.50 bits per heavy atom. The summed E-state index contributed by atoms with van der Waals surface area (Å²) in [7, 11) is 1.73. The highest BCUT2D eigenvalue weighted by Gasteiger charge is 2.26. The zero-order valence-electron chi connectivity index (χ0n) is 11.3. The average Bonchev–Trinajstić information content (AvgIpc) is 2.83. The summed E-state index contributed by atoms with van der Waals surface area (Å²) in [5, 5.41) is 17.5. The van der Waals surface area contributed by atoms with Crippen LogP contribution in [-0.4, -0.2) is 27.3 Å². The molecule has 1 amide bonds. The molecule has 20 heavy (non-hydrogen) atoms. The molecule has 2 aromatic rings. The fourth-order valence-corrected chi connectivity index (χ4v) is 2.23. The van der Waals surface area contributed by atoms with Crippen molar-refractivity contribution in [2.45, 2.75) is 12.5 Å². The number of halogens is 1. The molecule has 1 heterocycles. The second-order valence-electron chi connectivity index (χ2n) is 4.84. The number of aromatic nitrogens is 2. The molecule has 0 aliphatic heterocycles. The van der Waals surface area contributed by atoms with Gasteiger partial charge in [-0.15, -0.1) is 0 Å². The van der Waals surface area contributed by atoms with Crippen LogP contribution in [0.3, 0.4) is 0 Å². The van der Waals surface area contributed by atoms with Crippen molar-refractivity contribution in [3.05, 3.63) is 52.8 Å². The molecule has 0 fully saturated rings. The lowest BCUT2D eigenvalue weighted by Crippen LogP contribution is -2.38. The summed E-state index contributed by atoms with van der Waals surface area (Å²) in [5.74, 6) is -0.287. The second-order valence-corrected chi connectivity index (χ2v) is 5.25. The van der Waals surface area contributed by atoms with E-state index < -0.39 is 5.60 Å². The minimum Gasteiger partial charge on any atom is -0.384 e. The Kier molecular flexibility index (Phi) is 4.11. The van der Waals surface area contributed by atoms with Gasteiger partial charge in [-0.2, -0.15) is 5.10 Å². The highest BCUT2D eigenvalue weighted by molar-refractivity contribution is 6.31. The highest BCUT2D eigenvalue weighted by atomic mass is 35.5. The first kappa shape index (κ1) is 14.6. The van der Waals surface area contributed by atoms with Gasteiger partial charge >= 0.3 is 0 Å². The molecule has 0 aliphatic carbocycles. The van der Waals surface area contributed by atoms with E-state index in [-0.39, 0.29) is 12.5 Å². The normalized spacial score (nSPS) is 13.8. The smallest absolute Gasteiger partial charge is 0.254 e. The SMILES string of the molecule is Cn1cc(C(=O)NCC(C)(O)c2ccccc2Cl)cn1. The lowest BCUT2D eigenvalue weighted by atomic mass is 9.96. The number of amides is 1. The third-order valence-electron chi connectivity index (χ3n) is 3.01. The maximum absolute atomic E-state index is 11.9. The minimum absolute atomic E-state index is 0.0600. The molecule has 1 unspecified atom stereocenters. The van der Waals surface area contributed by atoms with Crippen LogP contribution in [0.25, 0.3) is 0 Å². The van der Waals surface area contributed by atoms with E-state index in [4.69, 9.17) is 11.6 Å². The maximum atomic E-state index is 11.9. The molecule has 1 atom stereocenters. The van der Waals surface area contributed by atoms with Crippen molar-refractivity contribution < 1.29 is 9.90 Å². The summed E-state index contributed by atoms with van der Waals surface area (Å²) in [5.41, 5.74) is -0.216. The molecule has 106 valence electrons. The van der Waals surface area contributed by atoms with E-state index in [2.05, 4.69) is 10.4 Å². The van der Waals surface area contributed by atoms with E-state index >= 15 is 0 Å². The van der Waals surface area contributed by atoms with Crippen molar-refractivity contribution in [1.29, 1.82) is 0 Å². The molecule has 0 aliphatic rings. The van der Waals surface area contributed by atoms with E-state index in [1.54, 1.807) is 49.1 Å². The number of aliphatic hydroxyl groups is 1. The second kappa shape index (κ2) is 5.64. The van der Waals surface area contributed by atoms with E-state index in [0.29, 0.717) is 16.1 Å². The molecule has 0 saturated heterocycles. The summed E-state index contributed by atoms with van der Waals surface area (Å²) in [6.07, 6.45) is 3.08. The molecule has 2 rings (SSSR count). The number of carbonyl (C=O) groups is 1. The van der Waals surface area contributed by atoms with E-state index in [1.807, 2.05) is 0 Å². The van der Waals surface area contributed by atoms with Gasteiger partial charge in [0.25, 0.3) is 5.91 Å². The maximum Gasteiger partial charge on any atom is 0.254 e. The van der Waals surface area contributed by atoms with E-state index in [1.165, 1.54) is 6.20 Å². The van der Waals surface area contributed by atoms with Crippen molar-refractivity contribution in [2.75, 3.05) is 6.54 Å². The van der Waals surface area contributed by atoms with Crippen molar-refractivity contribution in [3.8, 4) is 0 Å². The topological polar surface area (TPSA) is 67.2 Å². The number of hydrogen-bond acceptors (Lipinski definition) is 3. The lowest BCUT2D eigenvalue weighted by Gasteiger charge is -2.25. The van der Waals surface area contributed by atoms with Crippen LogP contribution in [0.1, 0.15) is 22.8 Å². The van der Waals surface area contributed by atoms with Gasteiger partial charge in [0.1, 0.15) is 5.60 Å². The van der Waals surface area contributed by atoms with Crippen LogP contribution in [0, 0.1) is 0 Å². The van der Waals surface area contributed by atoms with Crippen molar-refractivity contribution in [1.82, 2.24) is 15.1 Å². The predicted octanol–water partition coefficient (Wildman–Crippen LogP) is 1.71. The van der Waals surface area contributed by atoms with E-state index in [0.717, 1.165) is 0 Å². The highest BCUT2D eigenvalue weighted by Crippen LogP contribution is 2.27. The third kappa shape index (κ3) is 3.18. The first-order chi connectivity index (χ1) is 9.40. The largest absolute Gasteiger partial charge is 0.384 e. The van der Waals surface area contributed by atoms with Gasteiger partial charge in [-0.1, -0.05) is 29.8 Å². The molecule has 1 aromatic heterocycles. The van der Waals surface area contributed by atoms with Crippen LogP contribution in [-0.2, 0) is 12.6 Å². The molecule has 5 nitrogen and oxygen atoms in total. The Morgan fingerprint density at radius 3 is 2.80 bits per heavy atom. The molecule has 1 aromatic carbocycles. The van der Waals surface area contributed by atoms with E-state index in [9.17, 15) is 9.90 Å². The third-order valence-corrected chi connectivity index (χ3v) is 3.34. The molecule has 0 radical (unpaired) electrons. The van der Waals surface area contributed by atoms with Gasteiger partial charge in [-0.25, -0.2) is 0 Å². The number of nitrogens with zero attached hydrogens (tertiary/aromatic N) is 2. The number of benzene rings is 1. The number of rotatable bonds is 4. The minimum atomic E-state index is -1.24. The lowest BCUT2D eigenvalue weighted by molar-refractivity contribution is 0.0527. The number of hydrogen-bond donors (Lipinski definition) is 2. The molecule has 0 bridgehead atoms. The Bertz CT molecular complexity index is 622. The number of aryl methyl sites for hydroxylation is 1. The first-order valence-electron chi connectivity index (χ1n) is 6.14. The Hall–Kier alpha value is -1.85. The van der Waals surface area contributed by atoms with Gasteiger partial charge < -0.3 is 10.4 Å². The molecule has 0 saturated carbocycles. The van der Waals surface area contributed by atoms with Crippen LogP contribution < -0.4 is 5.32 Å². The van der Waals surface area contributed by atoms with Crippen LogP contribution in [0.5, 0.6) is 0 Å². The molecular formula is C14H16ClN3O2. The van der Waals surface area contributed by atoms with Gasteiger partial charge in [-0.05, 0) is 13.0 Å². The summed E-state index contributed by atoms with van der Waals surface area (Å²) in [6, 6.07) is 7.02. The molecular weight excluding hydrogens is 278 g/mol. The van der Waals surface area contributed by atoms with Crippen molar-refractivity contribution in [2.24, 2.45) is 7.05 Å². The van der Waals surface area contributed by atoms with Crippen LogP contribution in [0.15, 0.2) is 36.7 Å². The monoisotopic (exact) mass is 293 g/mol. The molecule has 2 N–H and O–H groups in total. The summed E-state index contributed by atoms with van der Waals surface area (Å²) in [4.78, 5) is 11.9. The summed E-state index contributed by atoms with van der Waals surface area (Å²) >= 11 is 6.06. The number of nitrogens with one attached hydrogen (secondary N) is 1. The fourth-order valence-electron chi connectivity index (χ4n) is 1.89. The van der Waals surface area contributed by atoms with Gasteiger partial charge in [0.2, 0.25) is 0 Å². The first-order valence-corrected chi connectivity index (χ1v) is 6.52. The number of carbonyl (C=O) groups excluding carboxylic acids is 1. The quantitative estimate of drug-likeness (QED) is 0.902. The Morgan fingerprint density at radius 2 is 2.20 bits per heavy atom. The van der Waals surface area contributed by atoms with Crippen molar-refractivity contribution >= 4 is 17.5 Å². The van der Waals surface area contributed by atoms with Gasteiger partial charge in [0, 0.05) is 23.8 Å². The van der Waals surface area contributed by atoms with Gasteiger partial charge in [0.15, 0.2) is 0 Å². The van der Waals surface area contributed by atoms with Crippen molar-refractivity contribution in [3.63, 3.8) is 0 Å². The van der Waals surface area contributed by atoms with Crippen LogP contribution in [0.2, 0.25) is 5.02 Å². The Labute approximate surface area is 122 Å². The molecule has 6 heteroatoms.